The highest BCUT2D eigenvalue weighted by Crippen LogP contribution is 2.33. The Balaban J connectivity index is 1.40. The van der Waals surface area contributed by atoms with Crippen molar-refractivity contribution in [3.05, 3.63) is 69.4 Å². The molecule has 1 N–H and O–H groups in total. The molecule has 6 nitrogen and oxygen atoms in total. The molecular formula is C20H15Cl3FN3O3. The Kier molecular flexibility index (Phi) is 7.68. The third-order valence-electron chi connectivity index (χ3n) is 3.79. The van der Waals surface area contributed by atoms with E-state index in [1.807, 2.05) is 0 Å². The summed E-state index contributed by atoms with van der Waals surface area (Å²) in [6.45, 7) is 0.173. The smallest absolute Gasteiger partial charge is 0.258 e. The number of rotatable bonds is 8. The van der Waals surface area contributed by atoms with Gasteiger partial charge in [0.1, 0.15) is 18.2 Å². The number of nitrogens with one attached hydrogen (secondary N) is 1. The maximum Gasteiger partial charge on any atom is 0.258 e. The number of amides is 1. The largest absolute Gasteiger partial charge is 0.482 e. The van der Waals surface area contributed by atoms with Gasteiger partial charge in [0.15, 0.2) is 6.61 Å². The van der Waals surface area contributed by atoms with E-state index in [9.17, 15) is 9.18 Å². The van der Waals surface area contributed by atoms with E-state index in [-0.39, 0.29) is 47.3 Å². The van der Waals surface area contributed by atoms with E-state index >= 15 is 0 Å². The van der Waals surface area contributed by atoms with Gasteiger partial charge in [-0.2, -0.15) is 0 Å². The van der Waals surface area contributed by atoms with Gasteiger partial charge in [0, 0.05) is 17.7 Å². The second-order valence-electron chi connectivity index (χ2n) is 5.95. The van der Waals surface area contributed by atoms with Crippen molar-refractivity contribution in [3.63, 3.8) is 0 Å². The SMILES string of the molecule is O=C(COc1cc(Cl)c(Cl)cc1Cl)NCCOc1ccc(-c2ccc(F)cc2)nn1. The summed E-state index contributed by atoms with van der Waals surface area (Å²) in [7, 11) is 0. The molecule has 0 aliphatic carbocycles. The number of benzene rings is 2. The Morgan fingerprint density at radius 1 is 0.933 bits per heavy atom. The highest BCUT2D eigenvalue weighted by atomic mass is 35.5. The lowest BCUT2D eigenvalue weighted by Gasteiger charge is -2.10. The molecule has 0 radical (unpaired) electrons. The van der Waals surface area contributed by atoms with Crippen molar-refractivity contribution in [2.75, 3.05) is 19.8 Å². The molecule has 3 rings (SSSR count). The maximum absolute atomic E-state index is 13.0. The summed E-state index contributed by atoms with van der Waals surface area (Å²) in [4.78, 5) is 11.9. The van der Waals surface area contributed by atoms with Gasteiger partial charge in [-0.15, -0.1) is 10.2 Å². The average Bonchev–Trinajstić information content (AvgIpc) is 2.74. The van der Waals surface area contributed by atoms with Crippen LogP contribution in [0.25, 0.3) is 11.3 Å². The highest BCUT2D eigenvalue weighted by molar-refractivity contribution is 6.43. The molecule has 0 saturated heterocycles. The molecule has 0 unspecified atom stereocenters. The van der Waals surface area contributed by atoms with Crippen molar-refractivity contribution in [2.24, 2.45) is 0 Å². The molecule has 3 aromatic rings. The Morgan fingerprint density at radius 3 is 2.37 bits per heavy atom. The van der Waals surface area contributed by atoms with Crippen LogP contribution in [-0.2, 0) is 4.79 Å². The number of aromatic nitrogens is 2. The van der Waals surface area contributed by atoms with E-state index in [0.717, 1.165) is 5.56 Å². The van der Waals surface area contributed by atoms with Gasteiger partial charge in [0.25, 0.3) is 5.91 Å². The Morgan fingerprint density at radius 2 is 1.67 bits per heavy atom. The Labute approximate surface area is 186 Å². The number of hydrogen-bond acceptors (Lipinski definition) is 5. The van der Waals surface area contributed by atoms with Gasteiger partial charge in [-0.1, -0.05) is 34.8 Å². The summed E-state index contributed by atoms with van der Waals surface area (Å²) in [6, 6.07) is 12.2. The second-order valence-corrected chi connectivity index (χ2v) is 7.17. The minimum atomic E-state index is -0.363. The average molecular weight is 471 g/mol. The molecule has 1 amide bonds. The molecule has 0 atom stereocenters. The molecule has 1 heterocycles. The zero-order chi connectivity index (χ0) is 21.5. The lowest BCUT2D eigenvalue weighted by molar-refractivity contribution is -0.123. The molecule has 2 aromatic carbocycles. The van der Waals surface area contributed by atoms with Gasteiger partial charge in [0.05, 0.1) is 27.3 Å². The molecule has 10 heteroatoms. The van der Waals surface area contributed by atoms with E-state index in [4.69, 9.17) is 44.3 Å². The van der Waals surface area contributed by atoms with Gasteiger partial charge in [0.2, 0.25) is 5.88 Å². The molecule has 0 spiro atoms. The third kappa shape index (κ3) is 6.19. The first-order valence-corrected chi connectivity index (χ1v) is 9.82. The van der Waals surface area contributed by atoms with Gasteiger partial charge in [-0.3, -0.25) is 4.79 Å². The lowest BCUT2D eigenvalue weighted by Crippen LogP contribution is -2.32. The molecule has 156 valence electrons. The molecular weight excluding hydrogens is 456 g/mol. The summed E-state index contributed by atoms with van der Waals surface area (Å²) < 4.78 is 23.7. The summed E-state index contributed by atoms with van der Waals surface area (Å²) in [6.07, 6.45) is 0. The fraction of sp³-hybridized carbons (Fsp3) is 0.150. The first kappa shape index (κ1) is 22.1. The number of nitrogens with zero attached hydrogens (tertiary/aromatic N) is 2. The first-order valence-electron chi connectivity index (χ1n) is 8.69. The molecule has 1 aromatic heterocycles. The van der Waals surface area contributed by atoms with Gasteiger partial charge >= 0.3 is 0 Å². The van der Waals surface area contributed by atoms with Crippen molar-refractivity contribution < 1.29 is 18.7 Å². The predicted octanol–water partition coefficient (Wildman–Crippen LogP) is 4.82. The summed E-state index contributed by atoms with van der Waals surface area (Å²) in [5.41, 5.74) is 1.33. The fourth-order valence-corrected chi connectivity index (χ4v) is 2.92. The van der Waals surface area contributed by atoms with E-state index < -0.39 is 0 Å². The molecule has 0 fully saturated rings. The van der Waals surface area contributed by atoms with Crippen LogP contribution in [0.5, 0.6) is 11.6 Å². The fourth-order valence-electron chi connectivity index (χ4n) is 2.33. The van der Waals surface area contributed by atoms with Crippen LogP contribution in [0, 0.1) is 5.82 Å². The van der Waals surface area contributed by atoms with Crippen LogP contribution in [0.4, 0.5) is 4.39 Å². The highest BCUT2D eigenvalue weighted by Gasteiger charge is 2.09. The van der Waals surface area contributed by atoms with E-state index in [0.29, 0.717) is 16.6 Å². The minimum Gasteiger partial charge on any atom is -0.482 e. The second kappa shape index (κ2) is 10.4. The summed E-state index contributed by atoms with van der Waals surface area (Å²) in [5.74, 6) is -0.124. The topological polar surface area (TPSA) is 73.3 Å². The quantitative estimate of drug-likeness (QED) is 0.377. The first-order chi connectivity index (χ1) is 14.4. The van der Waals surface area contributed by atoms with Crippen molar-refractivity contribution >= 4 is 40.7 Å². The predicted molar refractivity (Wildman–Crippen MR) is 113 cm³/mol. The van der Waals surface area contributed by atoms with Crippen LogP contribution in [0.15, 0.2) is 48.5 Å². The maximum atomic E-state index is 13.0. The van der Waals surface area contributed by atoms with Crippen molar-refractivity contribution in [1.29, 1.82) is 0 Å². The standard InChI is InChI=1S/C20H15Cl3FN3O3/c21-14-9-16(23)18(10-15(14)22)30-11-19(28)25-7-8-29-20-6-5-17(26-27-20)12-1-3-13(24)4-2-12/h1-6,9-10H,7-8,11H2,(H,25,28). The van der Waals surface area contributed by atoms with Crippen LogP contribution in [0.1, 0.15) is 0 Å². The monoisotopic (exact) mass is 469 g/mol. The number of ether oxygens (including phenoxy) is 2. The molecule has 30 heavy (non-hydrogen) atoms. The lowest BCUT2D eigenvalue weighted by atomic mass is 10.1. The van der Waals surface area contributed by atoms with Crippen LogP contribution in [0.3, 0.4) is 0 Å². The van der Waals surface area contributed by atoms with Crippen LogP contribution in [-0.4, -0.2) is 35.9 Å². The normalized spacial score (nSPS) is 10.5. The summed E-state index contributed by atoms with van der Waals surface area (Å²) in [5, 5.41) is 11.5. The van der Waals surface area contributed by atoms with Crippen LogP contribution in [0.2, 0.25) is 15.1 Å². The number of carbonyl (C=O) groups excluding carboxylic acids is 1. The third-order valence-corrected chi connectivity index (χ3v) is 4.81. The van der Waals surface area contributed by atoms with Crippen molar-refractivity contribution in [2.45, 2.75) is 0 Å². The number of carbonyl (C=O) groups is 1. The zero-order valence-electron chi connectivity index (χ0n) is 15.4. The minimum absolute atomic E-state index is 0.184. The molecule has 0 aliphatic rings. The Bertz CT molecular complexity index is 1020. The van der Waals surface area contributed by atoms with Crippen LogP contribution >= 0.6 is 34.8 Å². The van der Waals surface area contributed by atoms with E-state index in [2.05, 4.69) is 15.5 Å². The van der Waals surface area contributed by atoms with Gasteiger partial charge in [-0.05, 0) is 36.4 Å². The molecule has 0 aliphatic heterocycles. The van der Waals surface area contributed by atoms with Gasteiger partial charge < -0.3 is 14.8 Å². The summed E-state index contributed by atoms with van der Waals surface area (Å²) >= 11 is 17.7. The van der Waals surface area contributed by atoms with Crippen molar-refractivity contribution in [1.82, 2.24) is 15.5 Å². The molecule has 0 bridgehead atoms. The van der Waals surface area contributed by atoms with Gasteiger partial charge in [-0.25, -0.2) is 4.39 Å². The zero-order valence-corrected chi connectivity index (χ0v) is 17.6. The number of halogens is 4. The van der Waals surface area contributed by atoms with Crippen molar-refractivity contribution in [3.8, 4) is 22.9 Å². The number of hydrogen-bond donors (Lipinski definition) is 1. The van der Waals surface area contributed by atoms with E-state index in [1.165, 1.54) is 24.3 Å². The molecule has 0 saturated carbocycles. The van der Waals surface area contributed by atoms with E-state index in [1.54, 1.807) is 24.3 Å². The Hall–Kier alpha value is -2.61. The van der Waals surface area contributed by atoms with Crippen LogP contribution < -0.4 is 14.8 Å².